The number of aliphatic hydroxyl groups is 1. The minimum atomic E-state index is 0.238. The molecule has 1 aliphatic heterocycles. The van der Waals surface area contributed by atoms with Crippen molar-refractivity contribution in [2.45, 2.75) is 25.3 Å². The largest absolute Gasteiger partial charge is 0.396 e. The molecule has 0 spiro atoms. The summed E-state index contributed by atoms with van der Waals surface area (Å²) in [5.41, 5.74) is 8.24. The van der Waals surface area contributed by atoms with Crippen LogP contribution < -0.4 is 10.6 Å². The molecule has 0 saturated heterocycles. The Morgan fingerprint density at radius 2 is 2.25 bits per heavy atom. The number of para-hydroxylation sites is 1. The van der Waals surface area contributed by atoms with Crippen molar-refractivity contribution < 1.29 is 5.11 Å². The average Bonchev–Trinajstić information content (AvgIpc) is 2.36. The first-order chi connectivity index (χ1) is 7.77. The molecule has 0 unspecified atom stereocenters. The quantitative estimate of drug-likeness (QED) is 0.807. The van der Waals surface area contributed by atoms with Crippen LogP contribution in [-0.2, 0) is 0 Å². The fourth-order valence-corrected chi connectivity index (χ4v) is 2.44. The molecule has 1 heterocycles. The maximum Gasteiger partial charge on any atom is 0.0501 e. The van der Waals surface area contributed by atoms with E-state index in [1.54, 1.807) is 0 Å². The van der Waals surface area contributed by atoms with Gasteiger partial charge in [-0.3, -0.25) is 0 Å². The molecule has 2 rings (SSSR count). The standard InChI is InChI=1S/C13H20N2O/c1-10(8-14)15-7-6-11(9-16)12-4-2-3-5-13(12)15/h2-5,10-11,16H,6-9,14H2,1H3/t10-,11-/m0/s1. The van der Waals surface area contributed by atoms with Crippen molar-refractivity contribution in [3.8, 4) is 0 Å². The summed E-state index contributed by atoms with van der Waals surface area (Å²) in [5, 5.41) is 9.38. The Morgan fingerprint density at radius 1 is 1.50 bits per heavy atom. The topological polar surface area (TPSA) is 49.5 Å². The van der Waals surface area contributed by atoms with Gasteiger partial charge in [0.15, 0.2) is 0 Å². The van der Waals surface area contributed by atoms with Crippen molar-refractivity contribution in [1.82, 2.24) is 0 Å². The van der Waals surface area contributed by atoms with Crippen LogP contribution in [0.25, 0.3) is 0 Å². The number of hydrogen-bond acceptors (Lipinski definition) is 3. The van der Waals surface area contributed by atoms with Crippen molar-refractivity contribution in [2.75, 3.05) is 24.6 Å². The molecule has 16 heavy (non-hydrogen) atoms. The molecule has 0 radical (unpaired) electrons. The van der Waals surface area contributed by atoms with Crippen molar-refractivity contribution in [1.29, 1.82) is 0 Å². The highest BCUT2D eigenvalue weighted by Crippen LogP contribution is 2.35. The minimum Gasteiger partial charge on any atom is -0.396 e. The van der Waals surface area contributed by atoms with Gasteiger partial charge < -0.3 is 15.7 Å². The smallest absolute Gasteiger partial charge is 0.0501 e. The highest BCUT2D eigenvalue weighted by molar-refractivity contribution is 5.57. The minimum absolute atomic E-state index is 0.238. The number of rotatable bonds is 3. The Kier molecular flexibility index (Phi) is 3.46. The lowest BCUT2D eigenvalue weighted by molar-refractivity contribution is 0.256. The van der Waals surface area contributed by atoms with Gasteiger partial charge in [0, 0.05) is 30.7 Å². The second-order valence-electron chi connectivity index (χ2n) is 4.51. The predicted octanol–water partition coefficient (Wildman–Crippen LogP) is 1.32. The van der Waals surface area contributed by atoms with Gasteiger partial charge in [-0.05, 0) is 25.0 Å². The Hall–Kier alpha value is -1.06. The number of nitrogens with two attached hydrogens (primary N) is 1. The van der Waals surface area contributed by atoms with E-state index in [1.165, 1.54) is 11.3 Å². The van der Waals surface area contributed by atoms with Crippen LogP contribution in [0.15, 0.2) is 24.3 Å². The van der Waals surface area contributed by atoms with E-state index in [4.69, 9.17) is 5.73 Å². The van der Waals surface area contributed by atoms with E-state index in [0.29, 0.717) is 12.6 Å². The summed E-state index contributed by atoms with van der Waals surface area (Å²) in [4.78, 5) is 2.35. The van der Waals surface area contributed by atoms with Gasteiger partial charge >= 0.3 is 0 Å². The average molecular weight is 220 g/mol. The Morgan fingerprint density at radius 3 is 2.94 bits per heavy atom. The third-order valence-corrected chi connectivity index (χ3v) is 3.50. The van der Waals surface area contributed by atoms with Crippen LogP contribution in [0, 0.1) is 0 Å². The lowest BCUT2D eigenvalue weighted by atomic mass is 9.90. The van der Waals surface area contributed by atoms with Crippen LogP contribution in [0.4, 0.5) is 5.69 Å². The fourth-order valence-electron chi connectivity index (χ4n) is 2.44. The summed E-state index contributed by atoms with van der Waals surface area (Å²) in [6, 6.07) is 8.70. The molecule has 88 valence electrons. The summed E-state index contributed by atoms with van der Waals surface area (Å²) in [6.45, 7) is 4.04. The Bertz CT molecular complexity index is 354. The van der Waals surface area contributed by atoms with Crippen LogP contribution >= 0.6 is 0 Å². The molecule has 0 aliphatic carbocycles. The molecule has 3 nitrogen and oxygen atoms in total. The maximum atomic E-state index is 9.38. The first kappa shape index (κ1) is 11.4. The first-order valence-electron chi connectivity index (χ1n) is 5.94. The van der Waals surface area contributed by atoms with E-state index in [-0.39, 0.29) is 12.5 Å². The summed E-state index contributed by atoms with van der Waals surface area (Å²) >= 11 is 0. The highest BCUT2D eigenvalue weighted by Gasteiger charge is 2.26. The van der Waals surface area contributed by atoms with Gasteiger partial charge in [0.25, 0.3) is 0 Å². The SMILES string of the molecule is C[C@@H](CN)N1CC[C@@H](CO)c2ccccc21. The predicted molar refractivity (Wildman–Crippen MR) is 66.7 cm³/mol. The van der Waals surface area contributed by atoms with Gasteiger partial charge in [-0.2, -0.15) is 0 Å². The van der Waals surface area contributed by atoms with Crippen LogP contribution in [0.5, 0.6) is 0 Å². The third-order valence-electron chi connectivity index (χ3n) is 3.50. The Labute approximate surface area is 96.9 Å². The van der Waals surface area contributed by atoms with Gasteiger partial charge in [0.2, 0.25) is 0 Å². The zero-order valence-corrected chi connectivity index (χ0v) is 9.76. The maximum absolute atomic E-state index is 9.38. The zero-order chi connectivity index (χ0) is 11.5. The number of hydrogen-bond donors (Lipinski definition) is 2. The number of aliphatic hydroxyl groups excluding tert-OH is 1. The van der Waals surface area contributed by atoms with Gasteiger partial charge in [-0.25, -0.2) is 0 Å². The molecule has 0 bridgehead atoms. The van der Waals surface area contributed by atoms with Crippen LogP contribution in [-0.4, -0.2) is 30.8 Å². The molecule has 0 saturated carbocycles. The van der Waals surface area contributed by atoms with Crippen LogP contribution in [0.2, 0.25) is 0 Å². The van der Waals surface area contributed by atoms with Crippen molar-refractivity contribution in [3.63, 3.8) is 0 Å². The molecule has 1 aliphatic rings. The molecule has 0 aromatic heterocycles. The number of nitrogens with zero attached hydrogens (tertiary/aromatic N) is 1. The number of anilines is 1. The van der Waals surface area contributed by atoms with Crippen molar-refractivity contribution in [3.05, 3.63) is 29.8 Å². The summed E-state index contributed by atoms with van der Waals surface area (Å²) in [5.74, 6) is 0.289. The van der Waals surface area contributed by atoms with E-state index in [1.807, 2.05) is 6.07 Å². The molecule has 1 aromatic carbocycles. The van der Waals surface area contributed by atoms with Gasteiger partial charge in [0.05, 0.1) is 6.61 Å². The molecule has 0 amide bonds. The lowest BCUT2D eigenvalue weighted by Gasteiger charge is -2.38. The molecular weight excluding hydrogens is 200 g/mol. The summed E-state index contributed by atoms with van der Waals surface area (Å²) in [7, 11) is 0. The molecule has 3 N–H and O–H groups in total. The van der Waals surface area contributed by atoms with Gasteiger partial charge in [-0.15, -0.1) is 0 Å². The van der Waals surface area contributed by atoms with E-state index in [0.717, 1.165) is 13.0 Å². The monoisotopic (exact) mass is 220 g/mol. The molecule has 3 heteroatoms. The second-order valence-corrected chi connectivity index (χ2v) is 4.51. The molecule has 1 aromatic rings. The fraction of sp³-hybridized carbons (Fsp3) is 0.538. The van der Waals surface area contributed by atoms with Crippen molar-refractivity contribution in [2.24, 2.45) is 5.73 Å². The Balaban J connectivity index is 2.35. The highest BCUT2D eigenvalue weighted by atomic mass is 16.3. The second kappa shape index (κ2) is 4.85. The normalized spacial score (nSPS) is 21.7. The van der Waals surface area contributed by atoms with Crippen LogP contribution in [0.1, 0.15) is 24.8 Å². The van der Waals surface area contributed by atoms with Crippen LogP contribution in [0.3, 0.4) is 0 Å². The third kappa shape index (κ3) is 1.93. The van der Waals surface area contributed by atoms with E-state index in [2.05, 4.69) is 30.0 Å². The zero-order valence-electron chi connectivity index (χ0n) is 9.76. The molecule has 2 atom stereocenters. The molecule has 0 fully saturated rings. The number of fused-ring (bicyclic) bond motifs is 1. The van der Waals surface area contributed by atoms with Crippen molar-refractivity contribution >= 4 is 5.69 Å². The first-order valence-corrected chi connectivity index (χ1v) is 5.94. The van der Waals surface area contributed by atoms with E-state index in [9.17, 15) is 5.11 Å². The van der Waals surface area contributed by atoms with E-state index < -0.39 is 0 Å². The summed E-state index contributed by atoms with van der Waals surface area (Å²) < 4.78 is 0. The summed E-state index contributed by atoms with van der Waals surface area (Å²) in [6.07, 6.45) is 1.01. The van der Waals surface area contributed by atoms with Gasteiger partial charge in [-0.1, -0.05) is 18.2 Å². The lowest BCUT2D eigenvalue weighted by Crippen LogP contribution is -2.42. The van der Waals surface area contributed by atoms with Gasteiger partial charge in [0.1, 0.15) is 0 Å². The number of benzene rings is 1. The van der Waals surface area contributed by atoms with E-state index >= 15 is 0 Å². The molecular formula is C13H20N2O.